The number of nitro groups is 1. The summed E-state index contributed by atoms with van der Waals surface area (Å²) in [6, 6.07) is 17.2. The first-order valence-electron chi connectivity index (χ1n) is 6.64. The van der Waals surface area contributed by atoms with Crippen LogP contribution in [-0.2, 0) is 0 Å². The molecule has 0 aromatic heterocycles. The molecular formula is C17H12N2O3. The quantitative estimate of drug-likeness (QED) is 0.446. The molecule has 108 valence electrons. The zero-order valence-electron chi connectivity index (χ0n) is 11.5. The molecule has 3 aromatic carbocycles. The van der Waals surface area contributed by atoms with Crippen LogP contribution in [0, 0.1) is 10.1 Å². The molecule has 3 rings (SSSR count). The Morgan fingerprint density at radius 1 is 1.00 bits per heavy atom. The second kappa shape index (κ2) is 5.65. The number of aromatic hydroxyl groups is 1. The van der Waals surface area contributed by atoms with Crippen molar-refractivity contribution in [2.24, 2.45) is 4.99 Å². The lowest BCUT2D eigenvalue weighted by molar-refractivity contribution is -0.384. The first kappa shape index (κ1) is 13.8. The van der Waals surface area contributed by atoms with E-state index < -0.39 is 4.92 Å². The fraction of sp³-hybridized carbons (Fsp3) is 0. The summed E-state index contributed by atoms with van der Waals surface area (Å²) >= 11 is 0. The maximum Gasteiger partial charge on any atom is 0.269 e. The third-order valence-corrected chi connectivity index (χ3v) is 3.30. The highest BCUT2D eigenvalue weighted by molar-refractivity contribution is 5.90. The van der Waals surface area contributed by atoms with Crippen molar-refractivity contribution in [3.05, 3.63) is 76.3 Å². The van der Waals surface area contributed by atoms with Gasteiger partial charge in [-0.25, -0.2) is 0 Å². The highest BCUT2D eigenvalue weighted by atomic mass is 16.6. The number of benzene rings is 3. The minimum Gasteiger partial charge on any atom is -0.506 e. The van der Waals surface area contributed by atoms with Gasteiger partial charge in [0.15, 0.2) is 0 Å². The maximum atomic E-state index is 10.6. The molecule has 0 heterocycles. The first-order valence-corrected chi connectivity index (χ1v) is 6.64. The average molecular weight is 292 g/mol. The van der Waals surface area contributed by atoms with Crippen molar-refractivity contribution in [3.8, 4) is 5.75 Å². The summed E-state index contributed by atoms with van der Waals surface area (Å²) in [5.74, 6) is 0.0943. The molecular weight excluding hydrogens is 280 g/mol. The average Bonchev–Trinajstić information content (AvgIpc) is 2.53. The second-order valence-electron chi connectivity index (χ2n) is 4.79. The van der Waals surface area contributed by atoms with Crippen LogP contribution in [0.2, 0.25) is 0 Å². The van der Waals surface area contributed by atoms with Crippen molar-refractivity contribution in [1.29, 1.82) is 0 Å². The molecule has 0 saturated carbocycles. The number of fused-ring (bicyclic) bond motifs is 1. The van der Waals surface area contributed by atoms with Gasteiger partial charge in [0.05, 0.1) is 4.92 Å². The molecule has 0 amide bonds. The normalized spacial score (nSPS) is 11.1. The first-order chi connectivity index (χ1) is 10.6. The summed E-state index contributed by atoms with van der Waals surface area (Å²) in [7, 11) is 0. The third kappa shape index (κ3) is 2.78. The molecule has 0 bridgehead atoms. The van der Waals surface area contributed by atoms with E-state index in [1.165, 1.54) is 12.1 Å². The van der Waals surface area contributed by atoms with Gasteiger partial charge in [-0.3, -0.25) is 15.1 Å². The number of phenols is 1. The smallest absolute Gasteiger partial charge is 0.269 e. The molecule has 5 heteroatoms. The summed E-state index contributed by atoms with van der Waals surface area (Å²) in [6.45, 7) is 0. The van der Waals surface area contributed by atoms with Crippen LogP contribution < -0.4 is 0 Å². The molecule has 0 atom stereocenters. The zero-order chi connectivity index (χ0) is 15.5. The van der Waals surface area contributed by atoms with Crippen molar-refractivity contribution >= 4 is 28.4 Å². The van der Waals surface area contributed by atoms with Crippen molar-refractivity contribution in [1.82, 2.24) is 0 Å². The Bertz CT molecular complexity index is 871. The molecule has 22 heavy (non-hydrogen) atoms. The van der Waals surface area contributed by atoms with Gasteiger partial charge in [-0.05, 0) is 40.6 Å². The van der Waals surface area contributed by atoms with Crippen LogP contribution in [0.5, 0.6) is 5.75 Å². The van der Waals surface area contributed by atoms with Crippen LogP contribution in [0.15, 0.2) is 65.7 Å². The van der Waals surface area contributed by atoms with E-state index in [2.05, 4.69) is 4.99 Å². The Labute approximate surface area is 126 Å². The van der Waals surface area contributed by atoms with Gasteiger partial charge in [-0.15, -0.1) is 0 Å². The summed E-state index contributed by atoms with van der Waals surface area (Å²) in [5.41, 5.74) is 1.21. The van der Waals surface area contributed by atoms with Gasteiger partial charge in [0.25, 0.3) is 5.69 Å². The number of non-ortho nitro benzene ring substituents is 1. The van der Waals surface area contributed by atoms with Gasteiger partial charge >= 0.3 is 0 Å². The van der Waals surface area contributed by atoms with Gasteiger partial charge in [0.2, 0.25) is 0 Å². The summed E-state index contributed by atoms with van der Waals surface area (Å²) in [5, 5.41) is 22.5. The maximum absolute atomic E-state index is 10.6. The topological polar surface area (TPSA) is 75.7 Å². The van der Waals surface area contributed by atoms with Gasteiger partial charge < -0.3 is 5.11 Å². The van der Waals surface area contributed by atoms with Gasteiger partial charge in [-0.1, -0.05) is 24.3 Å². The Hall–Kier alpha value is -3.21. The number of hydrogen-bond donors (Lipinski definition) is 1. The van der Waals surface area contributed by atoms with E-state index in [0.717, 1.165) is 16.3 Å². The van der Waals surface area contributed by atoms with E-state index in [1.807, 2.05) is 24.3 Å². The van der Waals surface area contributed by atoms with Crippen molar-refractivity contribution < 1.29 is 10.0 Å². The number of phenolic OH excluding ortho intramolecular Hbond substituents is 1. The minimum atomic E-state index is -0.448. The van der Waals surface area contributed by atoms with Crippen LogP contribution in [-0.4, -0.2) is 16.2 Å². The van der Waals surface area contributed by atoms with E-state index >= 15 is 0 Å². The molecule has 1 N–H and O–H groups in total. The molecule has 0 aliphatic rings. The van der Waals surface area contributed by atoms with Crippen LogP contribution in [0.3, 0.4) is 0 Å². The molecule has 0 aliphatic heterocycles. The number of nitrogens with zero attached hydrogens (tertiary/aromatic N) is 2. The van der Waals surface area contributed by atoms with E-state index in [0.29, 0.717) is 5.69 Å². The number of rotatable bonds is 3. The Balaban J connectivity index is 1.91. The fourth-order valence-electron chi connectivity index (χ4n) is 2.15. The molecule has 0 fully saturated rings. The van der Waals surface area contributed by atoms with E-state index in [9.17, 15) is 15.2 Å². The van der Waals surface area contributed by atoms with E-state index in [1.54, 1.807) is 30.5 Å². The Morgan fingerprint density at radius 2 is 1.64 bits per heavy atom. The molecule has 5 nitrogen and oxygen atoms in total. The number of hydrogen-bond acceptors (Lipinski definition) is 4. The lowest BCUT2D eigenvalue weighted by atomic mass is 10.1. The SMILES string of the molecule is O=[N+]([O-])c1ccc(C=Nc2cc3ccccc3cc2O)cc1. The lowest BCUT2D eigenvalue weighted by Crippen LogP contribution is -1.88. The van der Waals surface area contributed by atoms with Crippen LogP contribution in [0.25, 0.3) is 10.8 Å². The van der Waals surface area contributed by atoms with Gasteiger partial charge in [0, 0.05) is 18.3 Å². The minimum absolute atomic E-state index is 0.0331. The highest BCUT2D eigenvalue weighted by Gasteiger charge is 2.04. The number of nitro benzene ring substituents is 1. The van der Waals surface area contributed by atoms with Gasteiger partial charge in [0.1, 0.15) is 11.4 Å². The van der Waals surface area contributed by atoms with E-state index in [-0.39, 0.29) is 11.4 Å². The lowest BCUT2D eigenvalue weighted by Gasteiger charge is -2.02. The molecule has 0 saturated heterocycles. The second-order valence-corrected chi connectivity index (χ2v) is 4.79. The third-order valence-electron chi connectivity index (χ3n) is 3.30. The summed E-state index contributed by atoms with van der Waals surface area (Å²) < 4.78 is 0. The summed E-state index contributed by atoms with van der Waals surface area (Å²) in [6.07, 6.45) is 1.56. The van der Waals surface area contributed by atoms with Crippen LogP contribution >= 0.6 is 0 Å². The van der Waals surface area contributed by atoms with E-state index in [4.69, 9.17) is 0 Å². The van der Waals surface area contributed by atoms with Crippen LogP contribution in [0.1, 0.15) is 5.56 Å². The molecule has 0 unspecified atom stereocenters. The summed E-state index contributed by atoms with van der Waals surface area (Å²) in [4.78, 5) is 14.4. The largest absolute Gasteiger partial charge is 0.506 e. The molecule has 0 spiro atoms. The molecule has 3 aromatic rings. The van der Waals surface area contributed by atoms with Gasteiger partial charge in [-0.2, -0.15) is 0 Å². The predicted molar refractivity (Wildman–Crippen MR) is 86.0 cm³/mol. The van der Waals surface area contributed by atoms with Crippen LogP contribution in [0.4, 0.5) is 11.4 Å². The molecule has 0 aliphatic carbocycles. The van der Waals surface area contributed by atoms with Crippen molar-refractivity contribution in [3.63, 3.8) is 0 Å². The standard InChI is InChI=1S/C17H12N2O3/c20-17-10-14-4-2-1-3-13(14)9-16(17)18-11-12-5-7-15(8-6-12)19(21)22/h1-11,20H. The predicted octanol–water partition coefficient (Wildman–Crippen LogP) is 4.20. The Morgan fingerprint density at radius 3 is 2.27 bits per heavy atom. The van der Waals surface area contributed by atoms with Crippen molar-refractivity contribution in [2.75, 3.05) is 0 Å². The monoisotopic (exact) mass is 292 g/mol. The van der Waals surface area contributed by atoms with Crippen molar-refractivity contribution in [2.45, 2.75) is 0 Å². The zero-order valence-corrected chi connectivity index (χ0v) is 11.5. The highest BCUT2D eigenvalue weighted by Crippen LogP contribution is 2.31. The fourth-order valence-corrected chi connectivity index (χ4v) is 2.15. The Kier molecular flexibility index (Phi) is 3.53. The molecule has 0 radical (unpaired) electrons. The number of aliphatic imine (C=N–C) groups is 1.